The van der Waals surface area contributed by atoms with Crippen molar-refractivity contribution >= 4 is 5.97 Å². The molecule has 0 rings (SSSR count). The summed E-state index contributed by atoms with van der Waals surface area (Å²) in [5, 5.41) is 0. The molecular weight excluding hydrogens is 323 g/mol. The molecule has 0 atom stereocenters. The van der Waals surface area contributed by atoms with Gasteiger partial charge in [-0.3, -0.25) is 0 Å². The van der Waals surface area contributed by atoms with Crippen molar-refractivity contribution in [1.29, 1.82) is 0 Å². The highest BCUT2D eigenvalue weighted by molar-refractivity contribution is 5.71. The Labute approximate surface area is 143 Å². The van der Waals surface area contributed by atoms with Crippen LogP contribution in [0.4, 0.5) is 4.39 Å². The molecule has 8 heteroatoms. The number of alkyl halides is 1. The summed E-state index contributed by atoms with van der Waals surface area (Å²) < 4.78 is 42.7. The zero-order valence-electron chi connectivity index (χ0n) is 15.0. The second-order valence-corrected chi connectivity index (χ2v) is 5.78. The molecule has 0 amide bonds. The Hall–Kier alpha value is -0.800. The first kappa shape index (κ1) is 23.2. The van der Waals surface area contributed by atoms with Crippen molar-refractivity contribution in [1.82, 2.24) is 0 Å². The Morgan fingerprint density at radius 2 is 1.08 bits per heavy atom. The van der Waals surface area contributed by atoms with E-state index in [9.17, 15) is 9.18 Å². The molecular formula is C16H31FO7. The topological polar surface area (TPSA) is 72.5 Å². The SMILES string of the molecule is CC(C)(C)OC(=O)COCCOCCOCCOCCOCCF. The monoisotopic (exact) mass is 354 g/mol. The average molecular weight is 354 g/mol. The van der Waals surface area contributed by atoms with Gasteiger partial charge in [0.05, 0.1) is 59.5 Å². The van der Waals surface area contributed by atoms with E-state index in [0.29, 0.717) is 52.9 Å². The van der Waals surface area contributed by atoms with Crippen LogP contribution in [0.15, 0.2) is 0 Å². The van der Waals surface area contributed by atoms with Crippen LogP contribution in [-0.2, 0) is 33.2 Å². The van der Waals surface area contributed by atoms with Gasteiger partial charge in [-0.05, 0) is 20.8 Å². The maximum absolute atomic E-state index is 11.7. The van der Waals surface area contributed by atoms with E-state index in [1.165, 1.54) is 0 Å². The number of esters is 1. The third kappa shape index (κ3) is 19.2. The van der Waals surface area contributed by atoms with Gasteiger partial charge in [-0.2, -0.15) is 0 Å². The molecule has 0 saturated carbocycles. The first-order chi connectivity index (χ1) is 11.5. The number of hydrogen-bond acceptors (Lipinski definition) is 7. The predicted octanol–water partition coefficient (Wildman–Crippen LogP) is 1.38. The summed E-state index contributed by atoms with van der Waals surface area (Å²) in [5.41, 5.74) is -0.501. The summed E-state index contributed by atoms with van der Waals surface area (Å²) in [4.78, 5) is 11.3. The Balaban J connectivity index is 3.14. The van der Waals surface area contributed by atoms with E-state index in [4.69, 9.17) is 28.4 Å². The van der Waals surface area contributed by atoms with E-state index in [1.54, 1.807) is 20.8 Å². The van der Waals surface area contributed by atoms with Gasteiger partial charge in [-0.15, -0.1) is 0 Å². The van der Waals surface area contributed by atoms with Crippen molar-refractivity contribution in [2.75, 3.05) is 72.7 Å². The standard InChI is InChI=1S/C16H31FO7/c1-16(2,3)24-15(18)14-23-13-12-22-11-10-21-9-8-20-7-6-19-5-4-17/h4-14H2,1-3H3. The fourth-order valence-electron chi connectivity index (χ4n) is 1.46. The van der Waals surface area contributed by atoms with Gasteiger partial charge in [0.2, 0.25) is 0 Å². The summed E-state index contributed by atoms with van der Waals surface area (Å²) in [6, 6.07) is 0. The van der Waals surface area contributed by atoms with Crippen LogP contribution in [0.1, 0.15) is 20.8 Å². The van der Waals surface area contributed by atoms with Crippen LogP contribution in [0.2, 0.25) is 0 Å². The molecule has 0 aliphatic carbocycles. The normalized spacial score (nSPS) is 11.7. The minimum absolute atomic E-state index is 0.0798. The molecule has 0 aromatic heterocycles. The van der Waals surface area contributed by atoms with Gasteiger partial charge in [-0.1, -0.05) is 0 Å². The fraction of sp³-hybridized carbons (Fsp3) is 0.938. The largest absolute Gasteiger partial charge is 0.458 e. The second-order valence-electron chi connectivity index (χ2n) is 5.78. The number of carbonyl (C=O) groups is 1. The quantitative estimate of drug-likeness (QED) is 0.306. The summed E-state index contributed by atoms with van der Waals surface area (Å²) in [7, 11) is 0. The van der Waals surface area contributed by atoms with E-state index in [1.807, 2.05) is 0 Å². The molecule has 0 aliphatic heterocycles. The highest BCUT2D eigenvalue weighted by Crippen LogP contribution is 2.06. The minimum Gasteiger partial charge on any atom is -0.458 e. The van der Waals surface area contributed by atoms with Crippen molar-refractivity contribution in [3.05, 3.63) is 0 Å². The van der Waals surface area contributed by atoms with E-state index in [-0.39, 0.29) is 19.2 Å². The minimum atomic E-state index is -0.501. The summed E-state index contributed by atoms with van der Waals surface area (Å²) in [6.45, 7) is 8.29. The molecule has 0 unspecified atom stereocenters. The predicted molar refractivity (Wildman–Crippen MR) is 85.9 cm³/mol. The molecule has 24 heavy (non-hydrogen) atoms. The molecule has 0 saturated heterocycles. The summed E-state index contributed by atoms with van der Waals surface area (Å²) in [5.74, 6) is -0.388. The van der Waals surface area contributed by atoms with Crippen LogP contribution >= 0.6 is 0 Å². The van der Waals surface area contributed by atoms with Gasteiger partial charge in [-0.25, -0.2) is 9.18 Å². The average Bonchev–Trinajstić information content (AvgIpc) is 2.49. The lowest BCUT2D eigenvalue weighted by Crippen LogP contribution is -2.27. The maximum Gasteiger partial charge on any atom is 0.332 e. The van der Waals surface area contributed by atoms with E-state index in [2.05, 4.69) is 0 Å². The van der Waals surface area contributed by atoms with Crippen LogP contribution in [0.25, 0.3) is 0 Å². The van der Waals surface area contributed by atoms with Gasteiger partial charge in [0, 0.05) is 0 Å². The number of halogens is 1. The molecule has 0 heterocycles. The van der Waals surface area contributed by atoms with Crippen molar-refractivity contribution in [2.24, 2.45) is 0 Å². The van der Waals surface area contributed by atoms with Gasteiger partial charge in [0.25, 0.3) is 0 Å². The van der Waals surface area contributed by atoms with Crippen LogP contribution in [0, 0.1) is 0 Å². The molecule has 0 bridgehead atoms. The zero-order chi connectivity index (χ0) is 18.1. The zero-order valence-corrected chi connectivity index (χ0v) is 15.0. The van der Waals surface area contributed by atoms with Crippen molar-refractivity contribution < 1.29 is 37.6 Å². The molecule has 0 N–H and O–H groups in total. The molecule has 144 valence electrons. The number of ether oxygens (including phenoxy) is 6. The van der Waals surface area contributed by atoms with E-state index < -0.39 is 12.3 Å². The van der Waals surface area contributed by atoms with Crippen molar-refractivity contribution in [2.45, 2.75) is 26.4 Å². The molecule has 0 fully saturated rings. The van der Waals surface area contributed by atoms with Crippen LogP contribution in [0.5, 0.6) is 0 Å². The van der Waals surface area contributed by atoms with Gasteiger partial charge in [0.15, 0.2) is 0 Å². The Morgan fingerprint density at radius 3 is 1.46 bits per heavy atom. The highest BCUT2D eigenvalue weighted by Gasteiger charge is 2.15. The first-order valence-electron chi connectivity index (χ1n) is 8.12. The van der Waals surface area contributed by atoms with E-state index in [0.717, 1.165) is 0 Å². The Bertz CT molecular complexity index is 295. The third-order valence-corrected chi connectivity index (χ3v) is 2.35. The number of carbonyl (C=O) groups excluding carboxylic acids is 1. The molecule has 7 nitrogen and oxygen atoms in total. The second kappa shape index (κ2) is 15.7. The van der Waals surface area contributed by atoms with Crippen LogP contribution < -0.4 is 0 Å². The summed E-state index contributed by atoms with van der Waals surface area (Å²) >= 11 is 0. The maximum atomic E-state index is 11.7. The lowest BCUT2D eigenvalue weighted by molar-refractivity contribution is -0.160. The van der Waals surface area contributed by atoms with Crippen molar-refractivity contribution in [3.63, 3.8) is 0 Å². The smallest absolute Gasteiger partial charge is 0.332 e. The Morgan fingerprint density at radius 1 is 0.708 bits per heavy atom. The Kier molecular flexibility index (Phi) is 15.2. The highest BCUT2D eigenvalue weighted by atomic mass is 19.1. The lowest BCUT2D eigenvalue weighted by atomic mass is 10.2. The molecule has 0 radical (unpaired) electrons. The van der Waals surface area contributed by atoms with E-state index >= 15 is 0 Å². The molecule has 0 aromatic carbocycles. The lowest BCUT2D eigenvalue weighted by Gasteiger charge is -2.19. The number of rotatable bonds is 16. The third-order valence-electron chi connectivity index (χ3n) is 2.35. The van der Waals surface area contributed by atoms with Crippen LogP contribution in [0.3, 0.4) is 0 Å². The molecule has 0 aromatic rings. The van der Waals surface area contributed by atoms with Crippen molar-refractivity contribution in [3.8, 4) is 0 Å². The van der Waals surface area contributed by atoms with Gasteiger partial charge >= 0.3 is 5.97 Å². The summed E-state index contributed by atoms with van der Waals surface area (Å²) in [6.07, 6.45) is 0. The first-order valence-corrected chi connectivity index (χ1v) is 8.12. The fourth-order valence-corrected chi connectivity index (χ4v) is 1.46. The van der Waals surface area contributed by atoms with Crippen LogP contribution in [-0.4, -0.2) is 84.3 Å². The number of hydrogen-bond donors (Lipinski definition) is 0. The molecule has 0 spiro atoms. The molecule has 0 aliphatic rings. The van der Waals surface area contributed by atoms with Gasteiger partial charge in [0.1, 0.15) is 18.9 Å². The van der Waals surface area contributed by atoms with Gasteiger partial charge < -0.3 is 28.4 Å².